The minimum Gasteiger partial charge on any atom is -0.493 e. The smallest absolute Gasteiger partial charge is 0.161 e. The van der Waals surface area contributed by atoms with Crippen molar-refractivity contribution < 1.29 is 14.7 Å². The lowest BCUT2D eigenvalue weighted by Crippen LogP contribution is -1.98. The van der Waals surface area contributed by atoms with Gasteiger partial charge in [-0.15, -0.1) is 5.16 Å². The van der Waals surface area contributed by atoms with Crippen molar-refractivity contribution in [1.29, 1.82) is 0 Å². The van der Waals surface area contributed by atoms with Crippen molar-refractivity contribution in [3.63, 3.8) is 0 Å². The predicted octanol–water partition coefficient (Wildman–Crippen LogP) is 3.28. The van der Waals surface area contributed by atoms with Crippen LogP contribution in [0.15, 0.2) is 53.7 Å². The van der Waals surface area contributed by atoms with Gasteiger partial charge in [-0.2, -0.15) is 0 Å². The predicted molar refractivity (Wildman–Crippen MR) is 77.8 cm³/mol. The highest BCUT2D eigenvalue weighted by molar-refractivity contribution is 5.61. The third-order valence-corrected chi connectivity index (χ3v) is 2.87. The summed E-state index contributed by atoms with van der Waals surface area (Å²) in [7, 11) is 1.61. The molecule has 4 heteroatoms. The van der Waals surface area contributed by atoms with Crippen molar-refractivity contribution in [1.82, 2.24) is 0 Å². The first-order valence-electron chi connectivity index (χ1n) is 6.33. The maximum absolute atomic E-state index is 8.43. The fourth-order valence-electron chi connectivity index (χ4n) is 1.84. The van der Waals surface area contributed by atoms with Gasteiger partial charge >= 0.3 is 0 Å². The molecule has 0 amide bonds. The van der Waals surface area contributed by atoms with Crippen molar-refractivity contribution >= 4 is 6.21 Å². The quantitative estimate of drug-likeness (QED) is 0.498. The summed E-state index contributed by atoms with van der Waals surface area (Å²) < 4.78 is 11.1. The Morgan fingerprint density at radius 3 is 2.55 bits per heavy atom. The highest BCUT2D eigenvalue weighted by atomic mass is 16.5. The number of ether oxygens (including phenoxy) is 2. The van der Waals surface area contributed by atoms with Crippen LogP contribution in [0.4, 0.5) is 0 Å². The summed E-state index contributed by atoms with van der Waals surface area (Å²) in [6.45, 7) is 0.495. The summed E-state index contributed by atoms with van der Waals surface area (Å²) in [6.07, 6.45) is 1.98. The van der Waals surface area contributed by atoms with Gasteiger partial charge in [0.1, 0.15) is 6.61 Å². The largest absolute Gasteiger partial charge is 0.493 e. The summed E-state index contributed by atoms with van der Waals surface area (Å²) in [4.78, 5) is 0. The number of nitrogens with zero attached hydrogens (tertiary/aromatic N) is 1. The fourth-order valence-corrected chi connectivity index (χ4v) is 1.84. The van der Waals surface area contributed by atoms with Crippen molar-refractivity contribution in [3.05, 3.63) is 59.7 Å². The first kappa shape index (κ1) is 13.9. The molecule has 0 spiro atoms. The summed E-state index contributed by atoms with van der Waals surface area (Å²) >= 11 is 0. The van der Waals surface area contributed by atoms with Crippen LogP contribution >= 0.6 is 0 Å². The molecule has 0 aliphatic heterocycles. The number of hydrogen-bond acceptors (Lipinski definition) is 4. The van der Waals surface area contributed by atoms with E-state index in [-0.39, 0.29) is 0 Å². The molecule has 2 aromatic rings. The number of hydrogen-bond donors (Lipinski definition) is 1. The normalized spacial score (nSPS) is 10.7. The molecule has 20 heavy (non-hydrogen) atoms. The Morgan fingerprint density at radius 2 is 1.85 bits per heavy atom. The van der Waals surface area contributed by atoms with Crippen LogP contribution in [0.25, 0.3) is 0 Å². The SMILES string of the molecule is COc1cc(C/C=N\O)ccc1OCc1ccccc1. The molecule has 0 heterocycles. The highest BCUT2D eigenvalue weighted by Crippen LogP contribution is 2.28. The summed E-state index contributed by atoms with van der Waals surface area (Å²) in [5, 5.41) is 11.4. The molecule has 1 N–H and O–H groups in total. The molecule has 0 unspecified atom stereocenters. The van der Waals surface area contributed by atoms with Gasteiger partial charge in [0.2, 0.25) is 0 Å². The van der Waals surface area contributed by atoms with Crippen LogP contribution in [0.2, 0.25) is 0 Å². The van der Waals surface area contributed by atoms with E-state index < -0.39 is 0 Å². The van der Waals surface area contributed by atoms with E-state index in [0.717, 1.165) is 11.1 Å². The number of rotatable bonds is 6. The number of oxime groups is 1. The molecular formula is C16H17NO3. The van der Waals surface area contributed by atoms with Crippen LogP contribution in [0.3, 0.4) is 0 Å². The molecule has 0 atom stereocenters. The maximum Gasteiger partial charge on any atom is 0.161 e. The maximum atomic E-state index is 8.43. The second-order valence-electron chi connectivity index (χ2n) is 4.26. The van der Waals surface area contributed by atoms with Crippen LogP contribution in [0.5, 0.6) is 11.5 Å². The van der Waals surface area contributed by atoms with Gasteiger partial charge < -0.3 is 14.7 Å². The molecule has 104 valence electrons. The van der Waals surface area contributed by atoms with E-state index in [1.54, 1.807) is 7.11 Å². The standard InChI is InChI=1S/C16H17NO3/c1-19-16-11-13(9-10-17-18)7-8-15(16)20-12-14-5-3-2-4-6-14/h2-8,10-11,18H,9,12H2,1H3/b17-10-. The Morgan fingerprint density at radius 1 is 1.05 bits per heavy atom. The average molecular weight is 271 g/mol. The van der Waals surface area contributed by atoms with E-state index in [9.17, 15) is 0 Å². The molecule has 0 fully saturated rings. The van der Waals surface area contributed by atoms with E-state index in [4.69, 9.17) is 14.7 Å². The van der Waals surface area contributed by atoms with Gasteiger partial charge in [0, 0.05) is 12.6 Å². The van der Waals surface area contributed by atoms with Crippen molar-refractivity contribution in [2.75, 3.05) is 7.11 Å². The molecule has 0 bridgehead atoms. The second-order valence-corrected chi connectivity index (χ2v) is 4.26. The molecule has 0 aromatic heterocycles. The summed E-state index contributed by atoms with van der Waals surface area (Å²) in [6, 6.07) is 15.6. The molecule has 2 rings (SSSR count). The first-order valence-corrected chi connectivity index (χ1v) is 6.33. The van der Waals surface area contributed by atoms with E-state index in [1.165, 1.54) is 6.21 Å². The van der Waals surface area contributed by atoms with Crippen molar-refractivity contribution in [2.45, 2.75) is 13.0 Å². The Bertz CT molecular complexity index is 567. The van der Waals surface area contributed by atoms with Crippen LogP contribution in [0, 0.1) is 0 Å². The van der Waals surface area contributed by atoms with Crippen LogP contribution in [-0.2, 0) is 13.0 Å². The molecule has 0 aliphatic carbocycles. The van der Waals surface area contributed by atoms with Gasteiger partial charge in [-0.3, -0.25) is 0 Å². The van der Waals surface area contributed by atoms with Gasteiger partial charge in [0.15, 0.2) is 11.5 Å². The van der Waals surface area contributed by atoms with E-state index in [2.05, 4.69) is 5.16 Å². The third kappa shape index (κ3) is 3.75. The molecule has 4 nitrogen and oxygen atoms in total. The minimum atomic E-state index is 0.495. The van der Waals surface area contributed by atoms with Crippen LogP contribution in [-0.4, -0.2) is 18.5 Å². The highest BCUT2D eigenvalue weighted by Gasteiger charge is 2.05. The topological polar surface area (TPSA) is 51.0 Å². The average Bonchev–Trinajstić information content (AvgIpc) is 2.52. The molecule has 0 radical (unpaired) electrons. The minimum absolute atomic E-state index is 0.495. The lowest BCUT2D eigenvalue weighted by atomic mass is 10.1. The Balaban J connectivity index is 2.07. The summed E-state index contributed by atoms with van der Waals surface area (Å²) in [5.74, 6) is 1.37. The lowest BCUT2D eigenvalue weighted by Gasteiger charge is -2.11. The van der Waals surface area contributed by atoms with Gasteiger partial charge in [0.25, 0.3) is 0 Å². The van der Waals surface area contributed by atoms with E-state index in [1.807, 2.05) is 48.5 Å². The van der Waals surface area contributed by atoms with Gasteiger partial charge in [-0.05, 0) is 23.3 Å². The first-order chi connectivity index (χ1) is 9.83. The van der Waals surface area contributed by atoms with Crippen molar-refractivity contribution in [3.8, 4) is 11.5 Å². The fraction of sp³-hybridized carbons (Fsp3) is 0.188. The Hall–Kier alpha value is -2.49. The number of methoxy groups -OCH3 is 1. The molecule has 0 aliphatic rings. The molecule has 0 saturated carbocycles. The van der Waals surface area contributed by atoms with Gasteiger partial charge in [0.05, 0.1) is 7.11 Å². The van der Waals surface area contributed by atoms with Gasteiger partial charge in [-0.25, -0.2) is 0 Å². The second kappa shape index (κ2) is 7.19. The lowest BCUT2D eigenvalue weighted by molar-refractivity contribution is 0.284. The zero-order chi connectivity index (χ0) is 14.2. The Kier molecular flexibility index (Phi) is 5.00. The number of benzene rings is 2. The third-order valence-electron chi connectivity index (χ3n) is 2.87. The molecule has 2 aromatic carbocycles. The molecular weight excluding hydrogens is 254 g/mol. The van der Waals surface area contributed by atoms with E-state index in [0.29, 0.717) is 24.5 Å². The van der Waals surface area contributed by atoms with Gasteiger partial charge in [-0.1, -0.05) is 36.4 Å². The Labute approximate surface area is 118 Å². The van der Waals surface area contributed by atoms with Crippen LogP contribution < -0.4 is 9.47 Å². The van der Waals surface area contributed by atoms with Crippen LogP contribution in [0.1, 0.15) is 11.1 Å². The van der Waals surface area contributed by atoms with E-state index >= 15 is 0 Å². The molecule has 0 saturated heterocycles. The zero-order valence-electron chi connectivity index (χ0n) is 11.3. The van der Waals surface area contributed by atoms with Crippen molar-refractivity contribution in [2.24, 2.45) is 5.16 Å². The zero-order valence-corrected chi connectivity index (χ0v) is 11.3. The summed E-state index contributed by atoms with van der Waals surface area (Å²) in [5.41, 5.74) is 2.10. The monoisotopic (exact) mass is 271 g/mol.